The molecular formula is C21H26N2O4. The zero-order chi connectivity index (χ0) is 18.7. The molecule has 2 saturated heterocycles. The zero-order valence-electron chi connectivity index (χ0n) is 15.7. The van der Waals surface area contributed by atoms with Gasteiger partial charge in [-0.2, -0.15) is 0 Å². The summed E-state index contributed by atoms with van der Waals surface area (Å²) >= 11 is 0. The van der Waals surface area contributed by atoms with E-state index in [1.54, 1.807) is 0 Å². The number of amides is 1. The number of carbonyl (C=O) groups excluding carboxylic acids is 1. The molecule has 2 fully saturated rings. The monoisotopic (exact) mass is 370 g/mol. The van der Waals surface area contributed by atoms with Crippen molar-refractivity contribution in [2.45, 2.75) is 31.9 Å². The molecule has 2 aromatic rings. The van der Waals surface area contributed by atoms with Crippen molar-refractivity contribution in [2.75, 3.05) is 32.8 Å². The van der Waals surface area contributed by atoms with Crippen LogP contribution >= 0.6 is 0 Å². The van der Waals surface area contributed by atoms with Crippen molar-refractivity contribution in [2.24, 2.45) is 0 Å². The molecule has 0 saturated carbocycles. The fourth-order valence-corrected chi connectivity index (χ4v) is 3.74. The van der Waals surface area contributed by atoms with Crippen molar-refractivity contribution >= 4 is 5.91 Å². The van der Waals surface area contributed by atoms with E-state index in [0.717, 1.165) is 55.3 Å². The summed E-state index contributed by atoms with van der Waals surface area (Å²) in [7, 11) is 0. The molecule has 1 aromatic heterocycles. The number of benzene rings is 1. The number of carbonyl (C=O) groups is 1. The fraction of sp³-hybridized carbons (Fsp3) is 0.476. The Labute approximate surface area is 159 Å². The van der Waals surface area contributed by atoms with Crippen LogP contribution < -0.4 is 10.1 Å². The molecule has 0 atom stereocenters. The van der Waals surface area contributed by atoms with E-state index in [9.17, 15) is 4.79 Å². The lowest BCUT2D eigenvalue weighted by molar-refractivity contribution is -0.150. The van der Waals surface area contributed by atoms with Crippen LogP contribution in [0.2, 0.25) is 0 Å². The smallest absolute Gasteiger partial charge is 0.246 e. The number of furan rings is 1. The maximum Gasteiger partial charge on any atom is 0.246 e. The van der Waals surface area contributed by atoms with Crippen molar-refractivity contribution in [3.05, 3.63) is 42.2 Å². The molecule has 4 rings (SSSR count). The maximum atomic E-state index is 11.3. The first-order valence-corrected chi connectivity index (χ1v) is 9.61. The molecule has 1 aromatic carbocycles. The van der Waals surface area contributed by atoms with Crippen LogP contribution in [-0.2, 0) is 16.1 Å². The van der Waals surface area contributed by atoms with Crippen molar-refractivity contribution < 1.29 is 18.7 Å². The predicted molar refractivity (Wildman–Crippen MR) is 102 cm³/mol. The van der Waals surface area contributed by atoms with E-state index < -0.39 is 0 Å². The van der Waals surface area contributed by atoms with Crippen LogP contribution in [-0.4, -0.2) is 49.3 Å². The lowest BCUT2D eigenvalue weighted by Gasteiger charge is -2.43. The Morgan fingerprint density at radius 3 is 2.59 bits per heavy atom. The summed E-state index contributed by atoms with van der Waals surface area (Å²) in [4.78, 5) is 13.7. The van der Waals surface area contributed by atoms with E-state index in [1.807, 2.05) is 43.3 Å². The van der Waals surface area contributed by atoms with Gasteiger partial charge in [-0.25, -0.2) is 0 Å². The molecule has 144 valence electrons. The molecule has 0 bridgehead atoms. The van der Waals surface area contributed by atoms with Crippen molar-refractivity contribution in [1.29, 1.82) is 0 Å². The quantitative estimate of drug-likeness (QED) is 0.877. The third-order valence-electron chi connectivity index (χ3n) is 5.38. The van der Waals surface area contributed by atoms with Gasteiger partial charge in [-0.05, 0) is 56.2 Å². The number of nitrogens with one attached hydrogen (secondary N) is 1. The number of morpholine rings is 1. The normalized spacial score (nSPS) is 19.8. The second-order valence-corrected chi connectivity index (χ2v) is 7.25. The van der Waals surface area contributed by atoms with Gasteiger partial charge >= 0.3 is 0 Å². The Kier molecular flexibility index (Phi) is 5.18. The number of hydrogen-bond donors (Lipinski definition) is 1. The van der Waals surface area contributed by atoms with Gasteiger partial charge in [0.1, 0.15) is 23.9 Å². The summed E-state index contributed by atoms with van der Waals surface area (Å²) in [5.74, 6) is 2.70. The van der Waals surface area contributed by atoms with E-state index >= 15 is 0 Å². The number of nitrogens with zero attached hydrogens (tertiary/aromatic N) is 1. The molecule has 0 aliphatic carbocycles. The highest BCUT2D eigenvalue weighted by Gasteiger charge is 2.38. The molecule has 2 aliphatic heterocycles. The third kappa shape index (κ3) is 4.17. The van der Waals surface area contributed by atoms with Crippen molar-refractivity contribution in [3.63, 3.8) is 0 Å². The van der Waals surface area contributed by atoms with Crippen LogP contribution in [0.5, 0.6) is 5.75 Å². The summed E-state index contributed by atoms with van der Waals surface area (Å²) in [6.07, 6.45) is 1.86. The fourth-order valence-electron chi connectivity index (χ4n) is 3.74. The van der Waals surface area contributed by atoms with Gasteiger partial charge in [0.2, 0.25) is 5.91 Å². The minimum Gasteiger partial charge on any atom is -0.494 e. The third-order valence-corrected chi connectivity index (χ3v) is 5.38. The van der Waals surface area contributed by atoms with Crippen molar-refractivity contribution in [3.8, 4) is 17.1 Å². The molecule has 3 heterocycles. The molecule has 27 heavy (non-hydrogen) atoms. The molecule has 6 nitrogen and oxygen atoms in total. The number of rotatable bonds is 5. The van der Waals surface area contributed by atoms with Crippen LogP contribution in [0.1, 0.15) is 25.5 Å². The topological polar surface area (TPSA) is 63.9 Å². The van der Waals surface area contributed by atoms with Gasteiger partial charge in [0.15, 0.2) is 0 Å². The molecule has 0 unspecified atom stereocenters. The van der Waals surface area contributed by atoms with E-state index in [-0.39, 0.29) is 18.1 Å². The predicted octanol–water partition coefficient (Wildman–Crippen LogP) is 2.83. The molecule has 6 heteroatoms. The minimum absolute atomic E-state index is 0.0135. The van der Waals surface area contributed by atoms with Crippen LogP contribution in [0, 0.1) is 0 Å². The number of hydrogen-bond acceptors (Lipinski definition) is 5. The highest BCUT2D eigenvalue weighted by Crippen LogP contribution is 2.30. The molecule has 1 N–H and O–H groups in total. The van der Waals surface area contributed by atoms with E-state index in [2.05, 4.69) is 10.2 Å². The number of likely N-dealkylation sites (tertiary alicyclic amines) is 1. The SMILES string of the molecule is CCOc1ccc(-c2ccc(CN3CCC4(CC3)CNC(=O)CO4)o2)cc1. The second kappa shape index (κ2) is 7.74. The number of ether oxygens (including phenoxy) is 2. The summed E-state index contributed by atoms with van der Waals surface area (Å²) in [6.45, 7) is 6.12. The number of piperidine rings is 1. The Bertz CT molecular complexity index is 764. The molecule has 0 radical (unpaired) electrons. The first-order valence-electron chi connectivity index (χ1n) is 9.61. The Balaban J connectivity index is 1.33. The summed E-state index contributed by atoms with van der Waals surface area (Å²) in [5.41, 5.74) is 0.870. The van der Waals surface area contributed by atoms with Gasteiger partial charge < -0.3 is 19.2 Å². The second-order valence-electron chi connectivity index (χ2n) is 7.25. The highest BCUT2D eigenvalue weighted by atomic mass is 16.5. The van der Waals surface area contributed by atoms with Crippen LogP contribution in [0.4, 0.5) is 0 Å². The van der Waals surface area contributed by atoms with Crippen molar-refractivity contribution in [1.82, 2.24) is 10.2 Å². The maximum absolute atomic E-state index is 11.3. The molecule has 2 aliphatic rings. The van der Waals surface area contributed by atoms with Gasteiger partial charge in [-0.1, -0.05) is 0 Å². The zero-order valence-corrected chi connectivity index (χ0v) is 15.7. The van der Waals surface area contributed by atoms with E-state index in [0.29, 0.717) is 13.2 Å². The lowest BCUT2D eigenvalue weighted by atomic mass is 9.90. The first kappa shape index (κ1) is 18.1. The van der Waals surface area contributed by atoms with E-state index in [4.69, 9.17) is 13.9 Å². The van der Waals surface area contributed by atoms with Gasteiger partial charge in [0, 0.05) is 25.2 Å². The standard InChI is InChI=1S/C21H26N2O4/c1-2-25-17-5-3-16(4-6-17)19-8-7-18(27-19)13-23-11-9-21(10-12-23)15-22-20(24)14-26-21/h3-8H,2,9-15H2,1H3,(H,22,24). The van der Waals surface area contributed by atoms with Gasteiger partial charge in [-0.15, -0.1) is 0 Å². The van der Waals surface area contributed by atoms with Crippen LogP contribution in [0.15, 0.2) is 40.8 Å². The average Bonchev–Trinajstić information content (AvgIpc) is 3.16. The van der Waals surface area contributed by atoms with Crippen LogP contribution in [0.3, 0.4) is 0 Å². The summed E-state index contributed by atoms with van der Waals surface area (Å²) in [5, 5.41) is 2.93. The van der Waals surface area contributed by atoms with Gasteiger partial charge in [-0.3, -0.25) is 9.69 Å². The van der Waals surface area contributed by atoms with Crippen LogP contribution in [0.25, 0.3) is 11.3 Å². The largest absolute Gasteiger partial charge is 0.494 e. The molecule has 1 amide bonds. The van der Waals surface area contributed by atoms with Gasteiger partial charge in [0.05, 0.1) is 18.8 Å². The summed E-state index contributed by atoms with van der Waals surface area (Å²) < 4.78 is 17.4. The van der Waals surface area contributed by atoms with E-state index in [1.165, 1.54) is 0 Å². The Hall–Kier alpha value is -2.31. The average molecular weight is 370 g/mol. The summed E-state index contributed by atoms with van der Waals surface area (Å²) in [6, 6.07) is 12.0. The molecule has 1 spiro atoms. The highest BCUT2D eigenvalue weighted by molar-refractivity contribution is 5.78. The lowest BCUT2D eigenvalue weighted by Crippen LogP contribution is -2.57. The Morgan fingerprint density at radius 1 is 1.15 bits per heavy atom. The Morgan fingerprint density at radius 2 is 1.93 bits per heavy atom. The molecular weight excluding hydrogens is 344 g/mol. The first-order chi connectivity index (χ1) is 13.2. The minimum atomic E-state index is -0.180. The van der Waals surface area contributed by atoms with Gasteiger partial charge in [0.25, 0.3) is 0 Å².